The molecule has 1 unspecified atom stereocenters. The molecule has 2 rings (SSSR count). The van der Waals surface area contributed by atoms with Crippen LogP contribution in [0.5, 0.6) is 0 Å². The van der Waals surface area contributed by atoms with Crippen molar-refractivity contribution in [2.24, 2.45) is 13.0 Å². The van der Waals surface area contributed by atoms with Crippen molar-refractivity contribution in [2.75, 3.05) is 26.7 Å². The van der Waals surface area contributed by atoms with E-state index in [-0.39, 0.29) is 0 Å². The molecule has 1 atom stereocenters. The van der Waals surface area contributed by atoms with Gasteiger partial charge in [0.2, 0.25) is 0 Å². The number of hydrogen-bond donors (Lipinski definition) is 1. The molecule has 5 heteroatoms. The Morgan fingerprint density at radius 2 is 2.22 bits per heavy atom. The minimum Gasteiger partial charge on any atom is -0.311 e. The van der Waals surface area contributed by atoms with Gasteiger partial charge in [-0.25, -0.2) is 0 Å². The first-order chi connectivity index (χ1) is 8.61. The zero-order valence-electron chi connectivity index (χ0n) is 11.5. The molecular formula is C13H23ClN4. The van der Waals surface area contributed by atoms with Gasteiger partial charge in [-0.05, 0) is 38.9 Å². The number of nitrogens with one attached hydrogen (secondary N) is 1. The third-order valence-electron chi connectivity index (χ3n) is 3.72. The molecule has 1 saturated heterocycles. The molecule has 102 valence electrons. The zero-order valence-corrected chi connectivity index (χ0v) is 12.3. The van der Waals surface area contributed by atoms with Crippen LogP contribution >= 0.6 is 11.6 Å². The summed E-state index contributed by atoms with van der Waals surface area (Å²) in [6, 6.07) is 0. The molecule has 1 fully saturated rings. The SMILES string of the molecule is CCc1nn(C)c(CNCC2CCN(C)C2)c1Cl. The van der Waals surface area contributed by atoms with Crippen LogP contribution in [-0.2, 0) is 20.0 Å². The third-order valence-corrected chi connectivity index (χ3v) is 4.15. The lowest BCUT2D eigenvalue weighted by molar-refractivity contribution is 0.387. The summed E-state index contributed by atoms with van der Waals surface area (Å²) >= 11 is 6.32. The Balaban J connectivity index is 1.85. The first-order valence-corrected chi connectivity index (χ1v) is 7.09. The normalized spacial score (nSPS) is 20.8. The predicted molar refractivity (Wildman–Crippen MR) is 74.9 cm³/mol. The Morgan fingerprint density at radius 1 is 1.44 bits per heavy atom. The summed E-state index contributed by atoms with van der Waals surface area (Å²) in [5, 5.41) is 8.77. The van der Waals surface area contributed by atoms with E-state index in [1.165, 1.54) is 19.5 Å². The van der Waals surface area contributed by atoms with Crippen LogP contribution in [0.1, 0.15) is 24.7 Å². The van der Waals surface area contributed by atoms with Gasteiger partial charge in [0.05, 0.1) is 16.4 Å². The predicted octanol–water partition coefficient (Wildman–Crippen LogP) is 1.68. The molecule has 0 aliphatic carbocycles. The van der Waals surface area contributed by atoms with Gasteiger partial charge in [-0.3, -0.25) is 4.68 Å². The molecule has 1 aliphatic heterocycles. The molecule has 4 nitrogen and oxygen atoms in total. The fourth-order valence-electron chi connectivity index (χ4n) is 2.60. The van der Waals surface area contributed by atoms with E-state index in [2.05, 4.69) is 29.3 Å². The van der Waals surface area contributed by atoms with Crippen LogP contribution in [0.3, 0.4) is 0 Å². The number of hydrogen-bond acceptors (Lipinski definition) is 3. The highest BCUT2D eigenvalue weighted by atomic mass is 35.5. The molecule has 0 amide bonds. The summed E-state index contributed by atoms with van der Waals surface area (Å²) in [6.07, 6.45) is 2.18. The number of aryl methyl sites for hydroxylation is 2. The average molecular weight is 271 g/mol. The summed E-state index contributed by atoms with van der Waals surface area (Å²) < 4.78 is 1.90. The molecule has 0 bridgehead atoms. The Hall–Kier alpha value is -0.580. The molecule has 2 heterocycles. The van der Waals surface area contributed by atoms with Gasteiger partial charge in [-0.2, -0.15) is 5.10 Å². The van der Waals surface area contributed by atoms with E-state index >= 15 is 0 Å². The molecule has 0 spiro atoms. The zero-order chi connectivity index (χ0) is 13.1. The van der Waals surface area contributed by atoms with Crippen LogP contribution in [0.2, 0.25) is 5.02 Å². The summed E-state index contributed by atoms with van der Waals surface area (Å²) in [7, 11) is 4.15. The highest BCUT2D eigenvalue weighted by Crippen LogP contribution is 2.20. The molecule has 1 aromatic rings. The van der Waals surface area contributed by atoms with Crippen LogP contribution in [0.25, 0.3) is 0 Å². The van der Waals surface area contributed by atoms with Gasteiger partial charge in [0.1, 0.15) is 0 Å². The van der Waals surface area contributed by atoms with Gasteiger partial charge in [-0.1, -0.05) is 18.5 Å². The molecule has 1 N–H and O–H groups in total. The van der Waals surface area contributed by atoms with E-state index in [0.29, 0.717) is 0 Å². The monoisotopic (exact) mass is 270 g/mol. The van der Waals surface area contributed by atoms with Crippen molar-refractivity contribution >= 4 is 11.6 Å². The smallest absolute Gasteiger partial charge is 0.0863 e. The van der Waals surface area contributed by atoms with E-state index in [0.717, 1.165) is 41.8 Å². The quantitative estimate of drug-likeness (QED) is 0.884. The Bertz CT molecular complexity index is 402. The topological polar surface area (TPSA) is 33.1 Å². The van der Waals surface area contributed by atoms with Crippen molar-refractivity contribution < 1.29 is 0 Å². The summed E-state index contributed by atoms with van der Waals surface area (Å²) in [5.74, 6) is 0.771. The van der Waals surface area contributed by atoms with Crippen LogP contribution < -0.4 is 5.32 Å². The summed E-state index contributed by atoms with van der Waals surface area (Å²) in [6.45, 7) is 6.38. The van der Waals surface area contributed by atoms with E-state index < -0.39 is 0 Å². The van der Waals surface area contributed by atoms with Gasteiger partial charge in [0.15, 0.2) is 0 Å². The van der Waals surface area contributed by atoms with Crippen molar-refractivity contribution in [3.8, 4) is 0 Å². The number of aromatic nitrogens is 2. The van der Waals surface area contributed by atoms with Crippen LogP contribution in [0.15, 0.2) is 0 Å². The lowest BCUT2D eigenvalue weighted by Crippen LogP contribution is -2.25. The van der Waals surface area contributed by atoms with Crippen molar-refractivity contribution in [2.45, 2.75) is 26.3 Å². The second kappa shape index (κ2) is 6.04. The fraction of sp³-hybridized carbons (Fsp3) is 0.769. The highest BCUT2D eigenvalue weighted by Gasteiger charge is 2.19. The maximum atomic E-state index is 6.32. The van der Waals surface area contributed by atoms with Crippen molar-refractivity contribution in [3.05, 3.63) is 16.4 Å². The molecule has 1 aromatic heterocycles. The molecule has 18 heavy (non-hydrogen) atoms. The average Bonchev–Trinajstić information content (AvgIpc) is 2.86. The number of likely N-dealkylation sites (tertiary alicyclic amines) is 1. The van der Waals surface area contributed by atoms with E-state index in [1.807, 2.05) is 11.7 Å². The van der Waals surface area contributed by atoms with E-state index in [1.54, 1.807) is 0 Å². The first-order valence-electron chi connectivity index (χ1n) is 6.71. The van der Waals surface area contributed by atoms with Crippen LogP contribution in [0.4, 0.5) is 0 Å². The maximum Gasteiger partial charge on any atom is 0.0863 e. The largest absolute Gasteiger partial charge is 0.311 e. The standard InChI is InChI=1S/C13H23ClN4/c1-4-11-13(14)12(18(3)16-11)8-15-7-10-5-6-17(2)9-10/h10,15H,4-9H2,1-3H3. The molecule has 0 radical (unpaired) electrons. The molecule has 1 aliphatic rings. The van der Waals surface area contributed by atoms with Crippen molar-refractivity contribution in [3.63, 3.8) is 0 Å². The minimum atomic E-state index is 0.771. The minimum absolute atomic E-state index is 0.771. The third kappa shape index (κ3) is 3.05. The summed E-state index contributed by atoms with van der Waals surface area (Å²) in [5.41, 5.74) is 2.09. The highest BCUT2D eigenvalue weighted by molar-refractivity contribution is 6.31. The molecule has 0 aromatic carbocycles. The Kier molecular flexibility index (Phi) is 4.65. The second-order valence-corrected chi connectivity index (χ2v) is 5.61. The van der Waals surface area contributed by atoms with Gasteiger partial charge in [0, 0.05) is 20.1 Å². The maximum absolute atomic E-state index is 6.32. The van der Waals surface area contributed by atoms with Crippen LogP contribution in [-0.4, -0.2) is 41.4 Å². The Labute approximate surface area is 114 Å². The first kappa shape index (κ1) is 13.8. The molecule has 0 saturated carbocycles. The fourth-order valence-corrected chi connectivity index (χ4v) is 2.96. The number of nitrogens with zero attached hydrogens (tertiary/aromatic N) is 3. The lowest BCUT2D eigenvalue weighted by Gasteiger charge is -2.11. The van der Waals surface area contributed by atoms with Crippen molar-refractivity contribution in [1.82, 2.24) is 20.0 Å². The van der Waals surface area contributed by atoms with Crippen molar-refractivity contribution in [1.29, 1.82) is 0 Å². The van der Waals surface area contributed by atoms with Gasteiger partial charge in [-0.15, -0.1) is 0 Å². The second-order valence-electron chi connectivity index (χ2n) is 5.23. The lowest BCUT2D eigenvalue weighted by atomic mass is 10.1. The van der Waals surface area contributed by atoms with E-state index in [4.69, 9.17) is 11.6 Å². The molecular weight excluding hydrogens is 248 g/mol. The Morgan fingerprint density at radius 3 is 2.78 bits per heavy atom. The van der Waals surface area contributed by atoms with E-state index in [9.17, 15) is 0 Å². The number of halogens is 1. The summed E-state index contributed by atoms with van der Waals surface area (Å²) in [4.78, 5) is 2.39. The van der Waals surface area contributed by atoms with Gasteiger partial charge < -0.3 is 10.2 Å². The number of rotatable bonds is 5. The van der Waals surface area contributed by atoms with Crippen LogP contribution in [0, 0.1) is 5.92 Å². The van der Waals surface area contributed by atoms with Gasteiger partial charge in [0.25, 0.3) is 0 Å². The van der Waals surface area contributed by atoms with Gasteiger partial charge >= 0.3 is 0 Å².